The lowest BCUT2D eigenvalue weighted by molar-refractivity contribution is 0.0777. The molecule has 1 amide bonds. The molecular weight excluding hydrogens is 354 g/mol. The van der Waals surface area contributed by atoms with Gasteiger partial charge in [-0.2, -0.15) is 0 Å². The second-order valence-corrected chi connectivity index (χ2v) is 6.84. The van der Waals surface area contributed by atoms with Crippen LogP contribution in [0.1, 0.15) is 16.1 Å². The number of H-pyrrole nitrogens is 1. The van der Waals surface area contributed by atoms with E-state index < -0.39 is 0 Å². The molecule has 0 unspecified atom stereocenters. The lowest BCUT2D eigenvalue weighted by Crippen LogP contribution is -2.28. The number of aromatic nitrogens is 2. The minimum absolute atomic E-state index is 0.0841. The highest BCUT2D eigenvalue weighted by Crippen LogP contribution is 2.21. The van der Waals surface area contributed by atoms with Crippen molar-refractivity contribution in [2.45, 2.75) is 6.54 Å². The molecule has 0 bridgehead atoms. The van der Waals surface area contributed by atoms with E-state index in [-0.39, 0.29) is 5.91 Å². The fraction of sp³-hybridized carbons (Fsp3) is 0.0909. The first-order chi connectivity index (χ1) is 13.1. The van der Waals surface area contributed by atoms with Crippen LogP contribution in [-0.2, 0) is 6.54 Å². The summed E-state index contributed by atoms with van der Waals surface area (Å²) in [5.41, 5.74) is 2.50. The second-order valence-electron chi connectivity index (χ2n) is 6.45. The van der Waals surface area contributed by atoms with Gasteiger partial charge in [0.15, 0.2) is 4.77 Å². The Bertz CT molecular complexity index is 1160. The molecule has 0 saturated carbocycles. The smallest absolute Gasteiger partial charge is 0.272 e. The first-order valence-electron chi connectivity index (χ1n) is 8.73. The van der Waals surface area contributed by atoms with E-state index in [0.29, 0.717) is 17.0 Å². The molecule has 4 rings (SSSR count). The first-order valence-corrected chi connectivity index (χ1v) is 9.14. The van der Waals surface area contributed by atoms with E-state index in [9.17, 15) is 4.79 Å². The summed E-state index contributed by atoms with van der Waals surface area (Å²) in [4.78, 5) is 17.8. The molecule has 3 aromatic carbocycles. The maximum Gasteiger partial charge on any atom is 0.272 e. The normalized spacial score (nSPS) is 10.9. The molecule has 0 fully saturated rings. The molecule has 0 radical (unpaired) electrons. The van der Waals surface area contributed by atoms with E-state index in [0.717, 1.165) is 16.6 Å². The van der Waals surface area contributed by atoms with Crippen LogP contribution in [0.2, 0.25) is 0 Å². The minimum Gasteiger partial charge on any atom is -0.336 e. The fourth-order valence-electron chi connectivity index (χ4n) is 3.31. The fourth-order valence-corrected chi connectivity index (χ4v) is 3.58. The summed E-state index contributed by atoms with van der Waals surface area (Å²) in [5, 5.41) is 2.33. The SMILES string of the molecule is CN(Cc1cccc2ccccc12)C(=O)c1c[nH]c(=S)n1-c1ccccc1. The van der Waals surface area contributed by atoms with Crippen molar-refractivity contribution in [1.29, 1.82) is 0 Å². The summed E-state index contributed by atoms with van der Waals surface area (Å²) in [6.45, 7) is 0.521. The molecule has 0 aliphatic heterocycles. The number of hydrogen-bond donors (Lipinski definition) is 1. The average molecular weight is 373 g/mol. The van der Waals surface area contributed by atoms with Gasteiger partial charge in [0.2, 0.25) is 0 Å². The third-order valence-corrected chi connectivity index (χ3v) is 4.94. The number of nitrogens with zero attached hydrogens (tertiary/aromatic N) is 2. The summed E-state index contributed by atoms with van der Waals surface area (Å²) in [6.07, 6.45) is 1.68. The molecule has 0 atom stereocenters. The summed E-state index contributed by atoms with van der Waals surface area (Å²) in [7, 11) is 1.81. The number of benzene rings is 3. The Kier molecular flexibility index (Phi) is 4.60. The van der Waals surface area contributed by atoms with Crippen LogP contribution >= 0.6 is 12.2 Å². The van der Waals surface area contributed by atoms with Crippen molar-refractivity contribution in [3.8, 4) is 5.69 Å². The Balaban J connectivity index is 1.67. The summed E-state index contributed by atoms with van der Waals surface area (Å²) >= 11 is 5.39. The van der Waals surface area contributed by atoms with Crippen molar-refractivity contribution in [3.05, 3.63) is 95.0 Å². The standard InChI is InChI=1S/C22H19N3OS/c1-24(15-17-10-7-9-16-8-5-6-13-19(16)17)21(26)20-14-23-22(27)25(20)18-11-3-2-4-12-18/h2-14H,15H2,1H3,(H,23,27). The average Bonchev–Trinajstić information content (AvgIpc) is 3.09. The Hall–Kier alpha value is -3.18. The van der Waals surface area contributed by atoms with Crippen LogP contribution in [0.5, 0.6) is 0 Å². The van der Waals surface area contributed by atoms with Crippen LogP contribution in [0.15, 0.2) is 79.0 Å². The van der Waals surface area contributed by atoms with Crippen molar-refractivity contribution in [1.82, 2.24) is 14.5 Å². The summed E-state index contributed by atoms with van der Waals surface area (Å²) < 4.78 is 2.28. The predicted molar refractivity (Wildman–Crippen MR) is 111 cm³/mol. The van der Waals surface area contributed by atoms with Crippen LogP contribution < -0.4 is 0 Å². The Labute approximate surface area is 162 Å². The van der Waals surface area contributed by atoms with Crippen molar-refractivity contribution >= 4 is 28.9 Å². The number of aromatic amines is 1. The minimum atomic E-state index is -0.0841. The Morgan fingerprint density at radius 2 is 1.70 bits per heavy atom. The van der Waals surface area contributed by atoms with Crippen molar-refractivity contribution < 1.29 is 4.79 Å². The van der Waals surface area contributed by atoms with Crippen LogP contribution in [0.3, 0.4) is 0 Å². The monoisotopic (exact) mass is 373 g/mol. The van der Waals surface area contributed by atoms with E-state index in [1.54, 1.807) is 15.7 Å². The number of rotatable bonds is 4. The van der Waals surface area contributed by atoms with Gasteiger partial charge in [-0.3, -0.25) is 9.36 Å². The summed E-state index contributed by atoms with van der Waals surface area (Å²) in [5.74, 6) is -0.0841. The molecule has 0 spiro atoms. The highest BCUT2D eigenvalue weighted by atomic mass is 32.1. The quantitative estimate of drug-likeness (QED) is 0.514. The van der Waals surface area contributed by atoms with Crippen molar-refractivity contribution in [2.75, 3.05) is 7.05 Å². The molecule has 0 aliphatic rings. The first kappa shape index (κ1) is 17.2. The molecule has 4 nitrogen and oxygen atoms in total. The van der Waals surface area contributed by atoms with Crippen molar-refractivity contribution in [3.63, 3.8) is 0 Å². The summed E-state index contributed by atoms with van der Waals surface area (Å²) in [6, 6.07) is 24.1. The predicted octanol–water partition coefficient (Wildman–Crippen LogP) is 4.96. The molecule has 1 heterocycles. The van der Waals surface area contributed by atoms with Gasteiger partial charge in [0.1, 0.15) is 5.69 Å². The molecule has 5 heteroatoms. The van der Waals surface area contributed by atoms with Gasteiger partial charge >= 0.3 is 0 Å². The number of amides is 1. The number of nitrogens with one attached hydrogen (secondary N) is 1. The van der Waals surface area contributed by atoms with Gasteiger partial charge in [0.25, 0.3) is 5.91 Å². The number of carbonyl (C=O) groups excluding carboxylic acids is 1. The largest absolute Gasteiger partial charge is 0.336 e. The molecule has 0 saturated heterocycles. The van der Waals surface area contributed by atoms with E-state index in [1.165, 1.54) is 5.39 Å². The number of imidazole rings is 1. The van der Waals surface area contributed by atoms with Gasteiger partial charge in [-0.15, -0.1) is 0 Å². The van der Waals surface area contributed by atoms with Gasteiger partial charge in [-0.1, -0.05) is 60.7 Å². The maximum atomic E-state index is 13.1. The van der Waals surface area contributed by atoms with E-state index in [2.05, 4.69) is 29.2 Å². The molecular formula is C22H19N3OS. The van der Waals surface area contributed by atoms with Gasteiger partial charge in [-0.05, 0) is 40.7 Å². The zero-order valence-electron chi connectivity index (χ0n) is 14.9. The second kappa shape index (κ2) is 7.21. The zero-order chi connectivity index (χ0) is 18.8. The van der Waals surface area contributed by atoms with Gasteiger partial charge < -0.3 is 9.88 Å². The van der Waals surface area contributed by atoms with Gasteiger partial charge in [0, 0.05) is 25.5 Å². The number of carbonyl (C=O) groups is 1. The maximum absolute atomic E-state index is 13.1. The Morgan fingerprint density at radius 3 is 2.52 bits per heavy atom. The van der Waals surface area contributed by atoms with E-state index in [1.807, 2.05) is 55.6 Å². The molecule has 1 aromatic heterocycles. The highest BCUT2D eigenvalue weighted by Gasteiger charge is 2.19. The molecule has 1 N–H and O–H groups in total. The number of para-hydroxylation sites is 1. The molecule has 4 aromatic rings. The third-order valence-electron chi connectivity index (χ3n) is 4.64. The topological polar surface area (TPSA) is 41.0 Å². The van der Waals surface area contributed by atoms with Gasteiger partial charge in [0.05, 0.1) is 0 Å². The lowest BCUT2D eigenvalue weighted by atomic mass is 10.0. The third kappa shape index (κ3) is 3.29. The van der Waals surface area contributed by atoms with Crippen molar-refractivity contribution in [2.24, 2.45) is 0 Å². The molecule has 134 valence electrons. The van der Waals surface area contributed by atoms with E-state index >= 15 is 0 Å². The number of fused-ring (bicyclic) bond motifs is 1. The molecule has 27 heavy (non-hydrogen) atoms. The molecule has 0 aliphatic carbocycles. The zero-order valence-corrected chi connectivity index (χ0v) is 15.7. The van der Waals surface area contributed by atoms with Crippen LogP contribution in [0.4, 0.5) is 0 Å². The lowest BCUT2D eigenvalue weighted by Gasteiger charge is -2.19. The van der Waals surface area contributed by atoms with Crippen LogP contribution in [-0.4, -0.2) is 27.4 Å². The Morgan fingerprint density at radius 1 is 1.00 bits per heavy atom. The van der Waals surface area contributed by atoms with Crippen LogP contribution in [0, 0.1) is 4.77 Å². The van der Waals surface area contributed by atoms with Gasteiger partial charge in [-0.25, -0.2) is 0 Å². The van der Waals surface area contributed by atoms with Crippen LogP contribution in [0.25, 0.3) is 16.5 Å². The van der Waals surface area contributed by atoms with E-state index in [4.69, 9.17) is 12.2 Å². The number of hydrogen-bond acceptors (Lipinski definition) is 2. The highest BCUT2D eigenvalue weighted by molar-refractivity contribution is 7.71.